The zero-order valence-electron chi connectivity index (χ0n) is 17.3. The molecule has 0 spiro atoms. The van der Waals surface area contributed by atoms with Crippen LogP contribution in [-0.4, -0.2) is 55.2 Å². The van der Waals surface area contributed by atoms with E-state index in [1.165, 1.54) is 35.4 Å². The van der Waals surface area contributed by atoms with Crippen molar-refractivity contribution in [3.63, 3.8) is 0 Å². The van der Waals surface area contributed by atoms with Crippen LogP contribution in [0.2, 0.25) is 0 Å². The van der Waals surface area contributed by atoms with Gasteiger partial charge in [0.05, 0.1) is 30.1 Å². The molecule has 1 atom stereocenters. The summed E-state index contributed by atoms with van der Waals surface area (Å²) in [4.78, 5) is 22.3. The van der Waals surface area contributed by atoms with E-state index >= 15 is 0 Å². The number of furan rings is 1. The standard InChI is InChI=1S/C21H20FN3O6S2/c22-18-6-2-1-4-15(18)13-33(29,30)21-23-9-7-19(24-21)20(26)25(12-17-5-3-10-31-17)16-8-11-32(27,28)14-16/h1-7,9-10,16H,8,11-14H2/t16-/m0/s1. The van der Waals surface area contributed by atoms with Crippen molar-refractivity contribution >= 4 is 25.6 Å². The number of carbonyl (C=O) groups excluding carboxylic acids is 1. The third kappa shape index (κ3) is 5.28. The van der Waals surface area contributed by atoms with E-state index in [-0.39, 0.29) is 35.7 Å². The molecule has 0 N–H and O–H groups in total. The Kier molecular flexibility index (Phi) is 6.30. The van der Waals surface area contributed by atoms with Crippen LogP contribution in [0.25, 0.3) is 0 Å². The molecule has 1 fully saturated rings. The third-order valence-electron chi connectivity index (χ3n) is 5.25. The molecule has 12 heteroatoms. The first-order valence-corrected chi connectivity index (χ1v) is 13.4. The Hall–Kier alpha value is -3.12. The van der Waals surface area contributed by atoms with Gasteiger partial charge in [0, 0.05) is 17.8 Å². The molecule has 0 bridgehead atoms. The minimum Gasteiger partial charge on any atom is -0.467 e. The van der Waals surface area contributed by atoms with Crippen molar-refractivity contribution in [1.82, 2.24) is 14.9 Å². The van der Waals surface area contributed by atoms with Crippen molar-refractivity contribution in [2.45, 2.75) is 29.9 Å². The van der Waals surface area contributed by atoms with Crippen LogP contribution >= 0.6 is 0 Å². The van der Waals surface area contributed by atoms with Crippen LogP contribution in [0.1, 0.15) is 28.2 Å². The van der Waals surface area contributed by atoms with Crippen LogP contribution in [0, 0.1) is 5.82 Å². The second kappa shape index (κ2) is 9.02. The third-order valence-corrected chi connectivity index (χ3v) is 8.44. The number of nitrogens with zero attached hydrogens (tertiary/aromatic N) is 3. The Morgan fingerprint density at radius 1 is 1.18 bits per heavy atom. The topological polar surface area (TPSA) is 128 Å². The summed E-state index contributed by atoms with van der Waals surface area (Å²) < 4.78 is 68.8. The van der Waals surface area contributed by atoms with E-state index in [1.54, 1.807) is 12.1 Å². The fraction of sp³-hybridized carbons (Fsp3) is 0.286. The lowest BCUT2D eigenvalue weighted by Crippen LogP contribution is -2.41. The average molecular weight is 494 g/mol. The number of halogens is 1. The first-order valence-electron chi connectivity index (χ1n) is 9.98. The molecule has 0 unspecified atom stereocenters. The van der Waals surface area contributed by atoms with E-state index in [9.17, 15) is 26.0 Å². The maximum Gasteiger partial charge on any atom is 0.273 e. The Balaban J connectivity index is 1.63. The van der Waals surface area contributed by atoms with Crippen molar-refractivity contribution in [2.24, 2.45) is 0 Å². The van der Waals surface area contributed by atoms with Crippen molar-refractivity contribution < 1.29 is 30.4 Å². The van der Waals surface area contributed by atoms with Crippen LogP contribution in [0.4, 0.5) is 4.39 Å². The van der Waals surface area contributed by atoms with Crippen LogP contribution in [0.5, 0.6) is 0 Å². The fourth-order valence-corrected chi connectivity index (χ4v) is 6.56. The fourth-order valence-electron chi connectivity index (χ4n) is 3.60. The molecule has 174 valence electrons. The monoisotopic (exact) mass is 493 g/mol. The second-order valence-electron chi connectivity index (χ2n) is 7.64. The molecule has 33 heavy (non-hydrogen) atoms. The van der Waals surface area contributed by atoms with Gasteiger partial charge in [0.25, 0.3) is 5.91 Å². The highest BCUT2D eigenvalue weighted by Crippen LogP contribution is 2.23. The summed E-state index contributed by atoms with van der Waals surface area (Å²) in [6.07, 6.45) is 2.81. The normalized spacial score (nSPS) is 17.7. The van der Waals surface area contributed by atoms with Gasteiger partial charge in [0.15, 0.2) is 9.84 Å². The quantitative estimate of drug-likeness (QED) is 0.457. The summed E-state index contributed by atoms with van der Waals surface area (Å²) >= 11 is 0. The molecule has 3 aromatic rings. The Morgan fingerprint density at radius 2 is 1.97 bits per heavy atom. The Labute approximate surface area is 190 Å². The van der Waals surface area contributed by atoms with Crippen molar-refractivity contribution in [3.8, 4) is 0 Å². The number of aromatic nitrogens is 2. The van der Waals surface area contributed by atoms with Gasteiger partial charge in [0.2, 0.25) is 15.0 Å². The van der Waals surface area contributed by atoms with Gasteiger partial charge in [-0.15, -0.1) is 0 Å². The number of hydrogen-bond donors (Lipinski definition) is 0. The molecule has 4 rings (SSSR count). The molecule has 1 aliphatic rings. The van der Waals surface area contributed by atoms with Crippen LogP contribution in [0.3, 0.4) is 0 Å². The van der Waals surface area contributed by atoms with E-state index in [4.69, 9.17) is 4.42 Å². The average Bonchev–Trinajstić information content (AvgIpc) is 3.42. The molecule has 1 aliphatic heterocycles. The van der Waals surface area contributed by atoms with Gasteiger partial charge in [-0.05, 0) is 30.7 Å². The van der Waals surface area contributed by atoms with E-state index in [0.717, 1.165) is 12.3 Å². The largest absolute Gasteiger partial charge is 0.467 e. The molecular weight excluding hydrogens is 473 g/mol. The van der Waals surface area contributed by atoms with Crippen LogP contribution in [-0.2, 0) is 32.0 Å². The summed E-state index contributed by atoms with van der Waals surface area (Å²) in [7, 11) is -7.45. The predicted molar refractivity (Wildman–Crippen MR) is 115 cm³/mol. The molecule has 0 aliphatic carbocycles. The Bertz CT molecular complexity index is 1370. The first-order chi connectivity index (χ1) is 15.6. The molecule has 3 heterocycles. The van der Waals surface area contributed by atoms with Crippen molar-refractivity contribution in [3.05, 3.63) is 77.8 Å². The summed E-state index contributed by atoms with van der Waals surface area (Å²) in [6, 6.07) is 9.37. The zero-order chi connectivity index (χ0) is 23.6. The highest BCUT2D eigenvalue weighted by atomic mass is 32.2. The molecule has 2 aromatic heterocycles. The van der Waals surface area contributed by atoms with Crippen LogP contribution < -0.4 is 0 Å². The lowest BCUT2D eigenvalue weighted by Gasteiger charge is -2.27. The lowest BCUT2D eigenvalue weighted by atomic mass is 10.2. The van der Waals surface area contributed by atoms with E-state index in [1.807, 2.05) is 0 Å². The molecule has 0 radical (unpaired) electrons. The highest BCUT2D eigenvalue weighted by Gasteiger charge is 2.36. The van der Waals surface area contributed by atoms with Gasteiger partial charge in [-0.3, -0.25) is 4.79 Å². The molecule has 0 saturated carbocycles. The summed E-state index contributed by atoms with van der Waals surface area (Å²) in [5.74, 6) is -1.82. The number of benzene rings is 1. The molecule has 1 amide bonds. The number of hydrogen-bond acceptors (Lipinski definition) is 8. The van der Waals surface area contributed by atoms with Gasteiger partial charge >= 0.3 is 0 Å². The zero-order valence-corrected chi connectivity index (χ0v) is 18.9. The number of carbonyl (C=O) groups is 1. The summed E-state index contributed by atoms with van der Waals surface area (Å²) in [6.45, 7) is -0.00661. The number of amides is 1. The molecule has 9 nitrogen and oxygen atoms in total. The second-order valence-corrected chi connectivity index (χ2v) is 11.8. The molecule has 1 aromatic carbocycles. The highest BCUT2D eigenvalue weighted by molar-refractivity contribution is 7.91. The first kappa shape index (κ1) is 23.1. The SMILES string of the molecule is O=C(c1ccnc(S(=O)(=O)Cc2ccccc2F)n1)N(Cc1ccco1)[C@H]1CCS(=O)(=O)C1. The maximum atomic E-state index is 13.9. The number of sulfone groups is 2. The molecular formula is C21H20FN3O6S2. The van der Waals surface area contributed by atoms with Crippen molar-refractivity contribution in [2.75, 3.05) is 11.5 Å². The van der Waals surface area contributed by atoms with E-state index in [2.05, 4.69) is 9.97 Å². The predicted octanol–water partition coefficient (Wildman–Crippen LogP) is 2.01. The number of rotatable bonds is 7. The van der Waals surface area contributed by atoms with Gasteiger partial charge in [-0.1, -0.05) is 18.2 Å². The smallest absolute Gasteiger partial charge is 0.273 e. The minimum atomic E-state index is -4.15. The van der Waals surface area contributed by atoms with Gasteiger partial charge in [-0.2, -0.15) is 0 Å². The van der Waals surface area contributed by atoms with Gasteiger partial charge in [0.1, 0.15) is 17.3 Å². The van der Waals surface area contributed by atoms with Crippen LogP contribution in [0.15, 0.2) is 64.5 Å². The maximum absolute atomic E-state index is 13.9. The van der Waals surface area contributed by atoms with E-state index in [0.29, 0.717) is 5.76 Å². The van der Waals surface area contributed by atoms with E-state index < -0.39 is 48.4 Å². The lowest BCUT2D eigenvalue weighted by molar-refractivity contribution is 0.0659. The van der Waals surface area contributed by atoms with Gasteiger partial charge in [-0.25, -0.2) is 31.2 Å². The van der Waals surface area contributed by atoms with Crippen molar-refractivity contribution in [1.29, 1.82) is 0 Å². The summed E-state index contributed by atoms with van der Waals surface area (Å²) in [5, 5.41) is -0.617. The minimum absolute atomic E-state index is 0.00661. The Morgan fingerprint density at radius 3 is 2.64 bits per heavy atom. The molecule has 1 saturated heterocycles. The van der Waals surface area contributed by atoms with Gasteiger partial charge < -0.3 is 9.32 Å². The summed E-state index contributed by atoms with van der Waals surface area (Å²) in [5.41, 5.74) is -0.263.